The van der Waals surface area contributed by atoms with Gasteiger partial charge in [-0.25, -0.2) is 0 Å². The first-order valence-electron chi connectivity index (χ1n) is 7.15. The Kier molecular flexibility index (Phi) is 3.69. The molecule has 104 valence electrons. The lowest BCUT2D eigenvalue weighted by Crippen LogP contribution is -1.96. The number of benzene rings is 2. The van der Waals surface area contributed by atoms with Crippen molar-refractivity contribution in [1.29, 1.82) is 0 Å². The van der Waals surface area contributed by atoms with Crippen molar-refractivity contribution in [1.82, 2.24) is 4.57 Å². The van der Waals surface area contributed by atoms with Crippen molar-refractivity contribution >= 4 is 23.3 Å². The van der Waals surface area contributed by atoms with Crippen molar-refractivity contribution in [2.75, 3.05) is 0 Å². The summed E-state index contributed by atoms with van der Waals surface area (Å²) in [6.45, 7) is 2.99. The number of hydrogen-bond donors (Lipinski definition) is 0. The van der Waals surface area contributed by atoms with Crippen LogP contribution in [0.3, 0.4) is 0 Å². The predicted molar refractivity (Wildman–Crippen MR) is 88.1 cm³/mol. The smallest absolute Gasteiger partial charge is 0.142 e. The molecule has 1 aromatic heterocycles. The van der Waals surface area contributed by atoms with Crippen molar-refractivity contribution in [3.63, 3.8) is 0 Å². The number of rotatable bonds is 4. The van der Waals surface area contributed by atoms with Gasteiger partial charge in [0.25, 0.3) is 0 Å². The third-order valence-corrected chi connectivity index (χ3v) is 3.72. The molecule has 0 spiro atoms. The van der Waals surface area contributed by atoms with E-state index in [0.29, 0.717) is 0 Å². The zero-order chi connectivity index (χ0) is 14.7. The summed E-state index contributed by atoms with van der Waals surface area (Å²) in [7, 11) is 0. The zero-order valence-corrected chi connectivity index (χ0v) is 12.0. The summed E-state index contributed by atoms with van der Waals surface area (Å²) in [5.74, 6) is 0. The van der Waals surface area contributed by atoms with Crippen molar-refractivity contribution in [3.05, 3.63) is 66.4 Å². The van der Waals surface area contributed by atoms with Gasteiger partial charge in [0.05, 0.1) is 0 Å². The van der Waals surface area contributed by atoms with Crippen LogP contribution in [-0.2, 0) is 11.3 Å². The maximum atomic E-state index is 10.7. The molecule has 2 nitrogen and oxygen atoms in total. The quantitative estimate of drug-likeness (QED) is 0.506. The lowest BCUT2D eigenvalue weighted by atomic mass is 10.0. The largest absolute Gasteiger partial charge is 0.341 e. The number of aromatic nitrogens is 1. The number of para-hydroxylation sites is 1. The van der Waals surface area contributed by atoms with E-state index in [2.05, 4.69) is 47.9 Å². The maximum absolute atomic E-state index is 10.7. The van der Waals surface area contributed by atoms with Crippen LogP contribution in [0.25, 0.3) is 28.1 Å². The SMILES string of the molecule is CCn1c(/C=C/C=O)c(-c2ccccc2)c2ccccc21. The molecule has 2 heteroatoms. The second-order valence-corrected chi connectivity index (χ2v) is 4.88. The molecule has 1 heterocycles. The maximum Gasteiger partial charge on any atom is 0.142 e. The second kappa shape index (κ2) is 5.80. The minimum Gasteiger partial charge on any atom is -0.341 e. The third-order valence-electron chi connectivity index (χ3n) is 3.72. The summed E-state index contributed by atoms with van der Waals surface area (Å²) in [5.41, 5.74) is 4.64. The Morgan fingerprint density at radius 3 is 2.43 bits per heavy atom. The van der Waals surface area contributed by atoms with Gasteiger partial charge in [-0.15, -0.1) is 0 Å². The van der Waals surface area contributed by atoms with Gasteiger partial charge in [-0.3, -0.25) is 4.79 Å². The summed E-state index contributed by atoms with van der Waals surface area (Å²) in [5, 5.41) is 1.22. The number of hydrogen-bond acceptors (Lipinski definition) is 1. The number of aldehydes is 1. The highest BCUT2D eigenvalue weighted by Gasteiger charge is 2.15. The fraction of sp³-hybridized carbons (Fsp3) is 0.105. The Bertz CT molecular complexity index is 797. The number of carbonyl (C=O) groups excluding carboxylic acids is 1. The topological polar surface area (TPSA) is 22.0 Å². The first-order valence-corrected chi connectivity index (χ1v) is 7.15. The molecule has 3 aromatic rings. The van der Waals surface area contributed by atoms with Gasteiger partial charge < -0.3 is 4.57 Å². The standard InChI is InChI=1S/C19H17NO/c1-2-20-17-12-7-6-11-16(17)19(18(20)13-8-14-21)15-9-4-3-5-10-15/h3-14H,2H2,1H3/b13-8+. The van der Waals surface area contributed by atoms with Crippen molar-refractivity contribution in [3.8, 4) is 11.1 Å². The lowest BCUT2D eigenvalue weighted by Gasteiger charge is -2.06. The van der Waals surface area contributed by atoms with E-state index in [9.17, 15) is 4.79 Å². The van der Waals surface area contributed by atoms with E-state index in [1.165, 1.54) is 22.0 Å². The van der Waals surface area contributed by atoms with Gasteiger partial charge in [-0.1, -0.05) is 48.5 Å². The molecule has 21 heavy (non-hydrogen) atoms. The minimum absolute atomic E-state index is 0.826. The van der Waals surface area contributed by atoms with E-state index in [1.54, 1.807) is 6.08 Å². The van der Waals surface area contributed by atoms with E-state index in [4.69, 9.17) is 0 Å². The highest BCUT2D eigenvalue weighted by Crippen LogP contribution is 2.35. The van der Waals surface area contributed by atoms with Crippen LogP contribution >= 0.6 is 0 Å². The number of allylic oxidation sites excluding steroid dienone is 1. The van der Waals surface area contributed by atoms with Crippen LogP contribution in [0.1, 0.15) is 12.6 Å². The zero-order valence-electron chi connectivity index (χ0n) is 12.0. The van der Waals surface area contributed by atoms with E-state index >= 15 is 0 Å². The molecule has 0 unspecified atom stereocenters. The first kappa shape index (κ1) is 13.4. The Balaban J connectivity index is 2.40. The van der Waals surface area contributed by atoms with Gasteiger partial charge in [0.15, 0.2) is 0 Å². The molecule has 0 atom stereocenters. The molecule has 3 rings (SSSR count). The molecule has 0 saturated carbocycles. The van der Waals surface area contributed by atoms with Crippen LogP contribution < -0.4 is 0 Å². The van der Waals surface area contributed by atoms with Gasteiger partial charge in [-0.2, -0.15) is 0 Å². The Labute approximate surface area is 124 Å². The Morgan fingerprint density at radius 2 is 1.71 bits per heavy atom. The first-order chi connectivity index (χ1) is 10.4. The summed E-state index contributed by atoms with van der Waals surface area (Å²) in [6.07, 6.45) is 4.29. The van der Waals surface area contributed by atoms with Gasteiger partial charge in [0, 0.05) is 28.7 Å². The van der Waals surface area contributed by atoms with Gasteiger partial charge in [-0.05, 0) is 30.7 Å². The average Bonchev–Trinajstić information content (AvgIpc) is 2.87. The van der Waals surface area contributed by atoms with Crippen LogP contribution in [-0.4, -0.2) is 10.9 Å². The number of aryl methyl sites for hydroxylation is 1. The molecule has 0 aliphatic rings. The van der Waals surface area contributed by atoms with E-state index in [0.717, 1.165) is 18.5 Å². The van der Waals surface area contributed by atoms with E-state index < -0.39 is 0 Å². The Hall–Kier alpha value is -2.61. The van der Waals surface area contributed by atoms with Crippen LogP contribution in [0.5, 0.6) is 0 Å². The number of carbonyl (C=O) groups is 1. The summed E-state index contributed by atoms with van der Waals surface area (Å²) < 4.78 is 2.25. The molecule has 0 saturated heterocycles. The average molecular weight is 275 g/mol. The fourth-order valence-electron chi connectivity index (χ4n) is 2.88. The fourth-order valence-corrected chi connectivity index (χ4v) is 2.88. The molecular weight excluding hydrogens is 258 g/mol. The second-order valence-electron chi connectivity index (χ2n) is 4.88. The number of fused-ring (bicyclic) bond motifs is 1. The summed E-state index contributed by atoms with van der Waals surface area (Å²) >= 11 is 0. The highest BCUT2D eigenvalue weighted by atomic mass is 16.1. The molecule has 0 aliphatic heterocycles. The Morgan fingerprint density at radius 1 is 1.00 bits per heavy atom. The van der Waals surface area contributed by atoms with Crippen molar-refractivity contribution in [2.24, 2.45) is 0 Å². The molecule has 0 bridgehead atoms. The third kappa shape index (κ3) is 2.29. The molecule has 2 aromatic carbocycles. The minimum atomic E-state index is 0.826. The van der Waals surface area contributed by atoms with Crippen molar-refractivity contribution < 1.29 is 4.79 Å². The van der Waals surface area contributed by atoms with E-state index in [-0.39, 0.29) is 0 Å². The van der Waals surface area contributed by atoms with Crippen LogP contribution in [0.4, 0.5) is 0 Å². The van der Waals surface area contributed by atoms with Gasteiger partial charge in [0.1, 0.15) is 6.29 Å². The molecular formula is C19H17NO. The monoisotopic (exact) mass is 275 g/mol. The van der Waals surface area contributed by atoms with Crippen molar-refractivity contribution in [2.45, 2.75) is 13.5 Å². The molecule has 0 fully saturated rings. The molecule has 0 aliphatic carbocycles. The summed E-state index contributed by atoms with van der Waals surface area (Å²) in [4.78, 5) is 10.7. The molecule has 0 amide bonds. The van der Waals surface area contributed by atoms with Gasteiger partial charge >= 0.3 is 0 Å². The summed E-state index contributed by atoms with van der Waals surface area (Å²) in [6, 6.07) is 18.7. The van der Waals surface area contributed by atoms with Crippen LogP contribution in [0.15, 0.2) is 60.7 Å². The van der Waals surface area contributed by atoms with Gasteiger partial charge in [0.2, 0.25) is 0 Å². The lowest BCUT2D eigenvalue weighted by molar-refractivity contribution is -0.104. The van der Waals surface area contributed by atoms with Crippen LogP contribution in [0.2, 0.25) is 0 Å². The molecule has 0 radical (unpaired) electrons. The van der Waals surface area contributed by atoms with E-state index in [1.807, 2.05) is 24.3 Å². The molecule has 0 N–H and O–H groups in total. The predicted octanol–water partition coefficient (Wildman–Crippen LogP) is 4.54. The van der Waals surface area contributed by atoms with Crippen LogP contribution in [0, 0.1) is 0 Å². The normalized spacial score (nSPS) is 11.3. The highest BCUT2D eigenvalue weighted by molar-refractivity contribution is 6.01. The number of nitrogens with zero attached hydrogens (tertiary/aromatic N) is 1.